The van der Waals surface area contributed by atoms with Gasteiger partial charge in [0.05, 0.1) is 9.40 Å². The van der Waals surface area contributed by atoms with Crippen molar-refractivity contribution in [3.63, 3.8) is 0 Å². The summed E-state index contributed by atoms with van der Waals surface area (Å²) in [5.41, 5.74) is 3.27. The summed E-state index contributed by atoms with van der Waals surface area (Å²) < 4.78 is 5.64. The van der Waals surface area contributed by atoms with Gasteiger partial charge in [0, 0.05) is 11.6 Å². The monoisotopic (exact) mass is 448 g/mol. The molecule has 1 aliphatic rings. The van der Waals surface area contributed by atoms with E-state index < -0.39 is 10.9 Å². The summed E-state index contributed by atoms with van der Waals surface area (Å²) in [5.74, 6) is -0.398. The van der Waals surface area contributed by atoms with Crippen molar-refractivity contribution in [1.29, 1.82) is 0 Å². The molecule has 142 valence electrons. The fourth-order valence-electron chi connectivity index (χ4n) is 2.89. The SMILES string of the molecule is O=C1OC(c2ccc(-c3ccccc3)cc2)=N/C1=C\c1ccc(Br)c([N+](=O)[O-])c1. The van der Waals surface area contributed by atoms with E-state index in [0.29, 0.717) is 15.6 Å². The lowest BCUT2D eigenvalue weighted by atomic mass is 10.0. The third-order valence-electron chi connectivity index (χ3n) is 4.33. The molecule has 0 amide bonds. The van der Waals surface area contributed by atoms with Gasteiger partial charge in [-0.05, 0) is 56.9 Å². The first-order valence-electron chi connectivity index (χ1n) is 8.63. The lowest BCUT2D eigenvalue weighted by Crippen LogP contribution is -2.05. The van der Waals surface area contributed by atoms with Crippen molar-refractivity contribution in [2.75, 3.05) is 0 Å². The van der Waals surface area contributed by atoms with Crippen molar-refractivity contribution in [3.05, 3.63) is 104 Å². The molecule has 0 fully saturated rings. The van der Waals surface area contributed by atoms with Crippen molar-refractivity contribution in [2.24, 2.45) is 4.99 Å². The molecule has 0 atom stereocenters. The Morgan fingerprint density at radius 3 is 2.28 bits per heavy atom. The molecule has 1 heterocycles. The summed E-state index contributed by atoms with van der Waals surface area (Å²) in [6.45, 7) is 0. The number of rotatable bonds is 4. The Bertz CT molecular complexity index is 1170. The molecule has 0 N–H and O–H groups in total. The number of nitrogens with zero attached hydrogens (tertiary/aromatic N) is 2. The number of aliphatic imine (C=N–C) groups is 1. The zero-order chi connectivity index (χ0) is 20.4. The van der Waals surface area contributed by atoms with Crippen LogP contribution in [-0.2, 0) is 9.53 Å². The second-order valence-electron chi connectivity index (χ2n) is 6.25. The molecule has 3 aromatic rings. The van der Waals surface area contributed by atoms with Crippen LogP contribution in [0.25, 0.3) is 17.2 Å². The van der Waals surface area contributed by atoms with Gasteiger partial charge >= 0.3 is 5.97 Å². The normalized spacial score (nSPS) is 14.6. The lowest BCUT2D eigenvalue weighted by Gasteiger charge is -2.03. The topological polar surface area (TPSA) is 81.8 Å². The molecule has 1 aliphatic heterocycles. The number of ether oxygens (including phenoxy) is 1. The number of nitro benzene ring substituents is 1. The second kappa shape index (κ2) is 7.81. The van der Waals surface area contributed by atoms with E-state index in [0.717, 1.165) is 11.1 Å². The Labute approximate surface area is 174 Å². The zero-order valence-electron chi connectivity index (χ0n) is 14.9. The highest BCUT2D eigenvalue weighted by Crippen LogP contribution is 2.28. The number of benzene rings is 3. The van der Waals surface area contributed by atoms with Crippen LogP contribution < -0.4 is 0 Å². The number of hydrogen-bond acceptors (Lipinski definition) is 5. The molecule has 29 heavy (non-hydrogen) atoms. The quantitative estimate of drug-likeness (QED) is 0.232. The fourth-order valence-corrected chi connectivity index (χ4v) is 3.28. The number of carbonyl (C=O) groups is 1. The highest BCUT2D eigenvalue weighted by atomic mass is 79.9. The average molecular weight is 449 g/mol. The van der Waals surface area contributed by atoms with Crippen LogP contribution in [-0.4, -0.2) is 16.8 Å². The molecule has 0 aromatic heterocycles. The number of nitro groups is 1. The molecule has 0 radical (unpaired) electrons. The number of esters is 1. The van der Waals surface area contributed by atoms with E-state index in [9.17, 15) is 14.9 Å². The van der Waals surface area contributed by atoms with E-state index in [4.69, 9.17) is 4.74 Å². The van der Waals surface area contributed by atoms with Crippen LogP contribution in [0.3, 0.4) is 0 Å². The predicted octanol–water partition coefficient (Wildman–Crippen LogP) is 5.37. The fraction of sp³-hybridized carbons (Fsp3) is 0. The maximum Gasteiger partial charge on any atom is 0.363 e. The van der Waals surface area contributed by atoms with E-state index in [2.05, 4.69) is 20.9 Å². The van der Waals surface area contributed by atoms with Gasteiger partial charge in [0.15, 0.2) is 5.70 Å². The minimum absolute atomic E-state index is 0.0868. The first-order chi connectivity index (χ1) is 14.0. The molecule has 6 nitrogen and oxygen atoms in total. The lowest BCUT2D eigenvalue weighted by molar-refractivity contribution is -0.385. The molecular weight excluding hydrogens is 436 g/mol. The van der Waals surface area contributed by atoms with Gasteiger partial charge in [0.25, 0.3) is 5.69 Å². The Morgan fingerprint density at radius 1 is 0.931 bits per heavy atom. The maximum absolute atomic E-state index is 12.2. The average Bonchev–Trinajstić information content (AvgIpc) is 3.10. The van der Waals surface area contributed by atoms with E-state index in [1.807, 2.05) is 54.6 Å². The summed E-state index contributed by atoms with van der Waals surface area (Å²) in [6.07, 6.45) is 1.47. The molecule has 0 unspecified atom stereocenters. The van der Waals surface area contributed by atoms with Gasteiger partial charge in [-0.2, -0.15) is 0 Å². The number of carbonyl (C=O) groups excluding carboxylic acids is 1. The van der Waals surface area contributed by atoms with Crippen LogP contribution in [0.2, 0.25) is 0 Å². The van der Waals surface area contributed by atoms with Crippen LogP contribution in [0.1, 0.15) is 11.1 Å². The molecule has 0 spiro atoms. The Kier molecular flexibility index (Phi) is 5.05. The van der Waals surface area contributed by atoms with E-state index in [-0.39, 0.29) is 17.3 Å². The summed E-state index contributed by atoms with van der Waals surface area (Å²) in [6, 6.07) is 22.0. The van der Waals surface area contributed by atoms with Gasteiger partial charge in [-0.3, -0.25) is 10.1 Å². The third-order valence-corrected chi connectivity index (χ3v) is 5.00. The predicted molar refractivity (Wildman–Crippen MR) is 113 cm³/mol. The highest BCUT2D eigenvalue weighted by Gasteiger charge is 2.24. The third kappa shape index (κ3) is 4.00. The smallest absolute Gasteiger partial charge is 0.363 e. The summed E-state index contributed by atoms with van der Waals surface area (Å²) in [7, 11) is 0. The molecule has 3 aromatic carbocycles. The van der Waals surface area contributed by atoms with Crippen LogP contribution in [0.4, 0.5) is 5.69 Å². The van der Waals surface area contributed by atoms with Crippen molar-refractivity contribution >= 4 is 39.6 Å². The van der Waals surface area contributed by atoms with Crippen LogP contribution in [0.5, 0.6) is 0 Å². The van der Waals surface area contributed by atoms with Crippen LogP contribution >= 0.6 is 15.9 Å². The Hall–Kier alpha value is -3.58. The largest absolute Gasteiger partial charge is 0.402 e. The van der Waals surface area contributed by atoms with Gasteiger partial charge < -0.3 is 4.74 Å². The van der Waals surface area contributed by atoms with E-state index in [1.165, 1.54) is 12.1 Å². The number of cyclic esters (lactones) is 1. The molecule has 4 rings (SSSR count). The second-order valence-corrected chi connectivity index (χ2v) is 7.10. The van der Waals surface area contributed by atoms with Gasteiger partial charge in [-0.1, -0.05) is 48.5 Å². The highest BCUT2D eigenvalue weighted by molar-refractivity contribution is 9.10. The first-order valence-corrected chi connectivity index (χ1v) is 9.43. The molecule has 0 aliphatic carbocycles. The van der Waals surface area contributed by atoms with Gasteiger partial charge in [0.2, 0.25) is 5.90 Å². The summed E-state index contributed by atoms with van der Waals surface area (Å²) in [5, 5.41) is 11.1. The molecule has 0 saturated carbocycles. The zero-order valence-corrected chi connectivity index (χ0v) is 16.5. The maximum atomic E-state index is 12.2. The van der Waals surface area contributed by atoms with Crippen LogP contribution in [0, 0.1) is 10.1 Å². The Balaban J connectivity index is 1.62. The summed E-state index contributed by atoms with van der Waals surface area (Å²) in [4.78, 5) is 27.0. The van der Waals surface area contributed by atoms with Gasteiger partial charge in [0.1, 0.15) is 0 Å². The minimum Gasteiger partial charge on any atom is -0.402 e. The molecule has 0 saturated heterocycles. The number of halogens is 1. The minimum atomic E-state index is -0.599. The van der Waals surface area contributed by atoms with E-state index in [1.54, 1.807) is 12.1 Å². The van der Waals surface area contributed by atoms with Crippen molar-refractivity contribution in [2.45, 2.75) is 0 Å². The summed E-state index contributed by atoms with van der Waals surface area (Å²) >= 11 is 3.14. The van der Waals surface area contributed by atoms with Crippen molar-refractivity contribution < 1.29 is 14.5 Å². The molecular formula is C22H13BrN2O4. The molecule has 7 heteroatoms. The van der Waals surface area contributed by atoms with Crippen LogP contribution in [0.15, 0.2) is 88.0 Å². The van der Waals surface area contributed by atoms with Crippen molar-refractivity contribution in [3.8, 4) is 11.1 Å². The number of hydrogen-bond donors (Lipinski definition) is 0. The Morgan fingerprint density at radius 2 is 1.59 bits per heavy atom. The first kappa shape index (κ1) is 18.8. The van der Waals surface area contributed by atoms with E-state index >= 15 is 0 Å². The van der Waals surface area contributed by atoms with Crippen molar-refractivity contribution in [1.82, 2.24) is 0 Å². The standard InChI is InChI=1S/C22H13BrN2O4/c23-18-11-6-14(13-20(18)25(27)28)12-19-22(26)29-21(24-19)17-9-7-16(8-10-17)15-4-2-1-3-5-15/h1-13H/b19-12-. The van der Waals surface area contributed by atoms with Gasteiger partial charge in [-0.25, -0.2) is 9.79 Å². The molecule has 0 bridgehead atoms. The van der Waals surface area contributed by atoms with Gasteiger partial charge in [-0.15, -0.1) is 0 Å².